The van der Waals surface area contributed by atoms with Crippen molar-refractivity contribution >= 4 is 17.0 Å². The van der Waals surface area contributed by atoms with Crippen LogP contribution in [0.4, 0.5) is 0 Å². The number of hydrogen-bond donors (Lipinski definition) is 1. The number of aromatic hydroxyl groups is 1. The number of hydrogen-bond acceptors (Lipinski definition) is 2. The molecule has 0 atom stereocenters. The molecule has 0 aliphatic heterocycles. The second-order valence-corrected chi connectivity index (χ2v) is 3.07. The molecule has 0 aliphatic rings. The number of benzene rings is 1. The van der Waals surface area contributed by atoms with Gasteiger partial charge in [-0.2, -0.15) is 0 Å². The van der Waals surface area contributed by atoms with Crippen LogP contribution in [0.5, 0.6) is 5.75 Å². The maximum atomic E-state index is 9.63. The highest BCUT2D eigenvalue weighted by Crippen LogP contribution is 2.25. The molecule has 0 bridgehead atoms. The molecular weight excluding hydrogens is 174 g/mol. The van der Waals surface area contributed by atoms with Crippen molar-refractivity contribution in [3.8, 4) is 5.75 Å². The van der Waals surface area contributed by atoms with Gasteiger partial charge < -0.3 is 5.11 Å². The quantitative estimate of drug-likeness (QED) is 0.740. The number of fused-ring (bicyclic) bond motifs is 1. The SMILES string of the molecule is C/C=C/c1c(O)cnc2ccccc12. The molecule has 2 rings (SSSR count). The molecule has 0 aliphatic carbocycles. The summed E-state index contributed by atoms with van der Waals surface area (Å²) in [4.78, 5) is 4.14. The summed E-state index contributed by atoms with van der Waals surface area (Å²) in [6.07, 6.45) is 5.28. The van der Waals surface area contributed by atoms with Crippen LogP contribution in [0.3, 0.4) is 0 Å². The average molecular weight is 185 g/mol. The van der Waals surface area contributed by atoms with Crippen molar-refractivity contribution in [3.63, 3.8) is 0 Å². The van der Waals surface area contributed by atoms with E-state index in [0.717, 1.165) is 16.5 Å². The Bertz CT molecular complexity index is 489. The van der Waals surface area contributed by atoms with E-state index in [-0.39, 0.29) is 5.75 Å². The summed E-state index contributed by atoms with van der Waals surface area (Å²) in [5.74, 6) is 0.224. The highest BCUT2D eigenvalue weighted by molar-refractivity contribution is 5.89. The first-order valence-electron chi connectivity index (χ1n) is 4.52. The first kappa shape index (κ1) is 8.75. The average Bonchev–Trinajstić information content (AvgIpc) is 2.23. The molecule has 2 nitrogen and oxygen atoms in total. The minimum atomic E-state index is 0.224. The minimum Gasteiger partial charge on any atom is -0.506 e. The van der Waals surface area contributed by atoms with E-state index in [4.69, 9.17) is 0 Å². The zero-order chi connectivity index (χ0) is 9.97. The Morgan fingerprint density at radius 1 is 1.29 bits per heavy atom. The molecule has 1 aromatic heterocycles. The maximum absolute atomic E-state index is 9.63. The van der Waals surface area contributed by atoms with Crippen molar-refractivity contribution in [2.45, 2.75) is 6.92 Å². The number of rotatable bonds is 1. The second kappa shape index (κ2) is 3.50. The summed E-state index contributed by atoms with van der Waals surface area (Å²) in [7, 11) is 0. The normalized spacial score (nSPS) is 11.2. The third kappa shape index (κ3) is 1.35. The Kier molecular flexibility index (Phi) is 2.19. The first-order chi connectivity index (χ1) is 6.83. The van der Waals surface area contributed by atoms with E-state index in [2.05, 4.69) is 4.98 Å². The van der Waals surface area contributed by atoms with Gasteiger partial charge in [0.05, 0.1) is 11.7 Å². The molecule has 0 spiro atoms. The van der Waals surface area contributed by atoms with E-state index in [1.807, 2.05) is 43.3 Å². The van der Waals surface area contributed by atoms with Crippen molar-refractivity contribution in [2.24, 2.45) is 0 Å². The summed E-state index contributed by atoms with van der Waals surface area (Å²) in [6.45, 7) is 1.93. The maximum Gasteiger partial charge on any atom is 0.141 e. The van der Waals surface area contributed by atoms with Crippen molar-refractivity contribution in [3.05, 3.63) is 42.1 Å². The molecule has 0 fully saturated rings. The number of allylic oxidation sites excluding steroid dienone is 1. The van der Waals surface area contributed by atoms with Crippen LogP contribution < -0.4 is 0 Å². The molecule has 1 heterocycles. The van der Waals surface area contributed by atoms with Gasteiger partial charge in [0.1, 0.15) is 5.75 Å². The smallest absolute Gasteiger partial charge is 0.141 e. The Hall–Kier alpha value is -1.83. The van der Waals surface area contributed by atoms with Crippen molar-refractivity contribution in [2.75, 3.05) is 0 Å². The van der Waals surface area contributed by atoms with Crippen LogP contribution in [-0.2, 0) is 0 Å². The van der Waals surface area contributed by atoms with Gasteiger partial charge >= 0.3 is 0 Å². The third-order valence-electron chi connectivity index (χ3n) is 2.13. The lowest BCUT2D eigenvalue weighted by Gasteiger charge is -2.03. The molecule has 1 aromatic carbocycles. The van der Waals surface area contributed by atoms with Crippen LogP contribution in [0.15, 0.2) is 36.5 Å². The van der Waals surface area contributed by atoms with Crippen LogP contribution in [0.25, 0.3) is 17.0 Å². The molecular formula is C12H11NO. The van der Waals surface area contributed by atoms with Gasteiger partial charge in [0.2, 0.25) is 0 Å². The molecule has 0 amide bonds. The summed E-state index contributed by atoms with van der Waals surface area (Å²) >= 11 is 0. The van der Waals surface area contributed by atoms with Crippen LogP contribution in [-0.4, -0.2) is 10.1 Å². The summed E-state index contributed by atoms with van der Waals surface area (Å²) in [5.41, 5.74) is 1.73. The zero-order valence-electron chi connectivity index (χ0n) is 7.94. The van der Waals surface area contributed by atoms with Crippen molar-refractivity contribution < 1.29 is 5.11 Å². The van der Waals surface area contributed by atoms with E-state index in [1.165, 1.54) is 6.20 Å². The molecule has 14 heavy (non-hydrogen) atoms. The minimum absolute atomic E-state index is 0.224. The molecule has 0 unspecified atom stereocenters. The van der Waals surface area contributed by atoms with Gasteiger partial charge in [0.15, 0.2) is 0 Å². The third-order valence-corrected chi connectivity index (χ3v) is 2.13. The molecule has 2 aromatic rings. The lowest BCUT2D eigenvalue weighted by atomic mass is 10.1. The van der Waals surface area contributed by atoms with E-state index in [0.29, 0.717) is 0 Å². The van der Waals surface area contributed by atoms with Gasteiger partial charge in [0.25, 0.3) is 0 Å². The van der Waals surface area contributed by atoms with Gasteiger partial charge in [-0.15, -0.1) is 0 Å². The van der Waals surface area contributed by atoms with Gasteiger partial charge in [-0.05, 0) is 13.0 Å². The number of para-hydroxylation sites is 1. The first-order valence-corrected chi connectivity index (χ1v) is 4.52. The van der Waals surface area contributed by atoms with Crippen LogP contribution in [0.1, 0.15) is 12.5 Å². The van der Waals surface area contributed by atoms with Crippen LogP contribution in [0, 0.1) is 0 Å². The fourth-order valence-corrected chi connectivity index (χ4v) is 1.49. The highest BCUT2D eigenvalue weighted by Gasteiger charge is 2.03. The lowest BCUT2D eigenvalue weighted by Crippen LogP contribution is -1.83. The molecule has 2 heteroatoms. The van der Waals surface area contributed by atoms with E-state index < -0.39 is 0 Å². The highest BCUT2D eigenvalue weighted by atomic mass is 16.3. The fraction of sp³-hybridized carbons (Fsp3) is 0.0833. The summed E-state index contributed by atoms with van der Waals surface area (Å²) in [6, 6.07) is 7.77. The summed E-state index contributed by atoms with van der Waals surface area (Å²) < 4.78 is 0. The molecule has 1 N–H and O–H groups in total. The zero-order valence-corrected chi connectivity index (χ0v) is 7.94. The molecule has 0 radical (unpaired) electrons. The van der Waals surface area contributed by atoms with Gasteiger partial charge in [-0.25, -0.2) is 0 Å². The molecule has 0 saturated heterocycles. The topological polar surface area (TPSA) is 33.1 Å². The van der Waals surface area contributed by atoms with E-state index >= 15 is 0 Å². The second-order valence-electron chi connectivity index (χ2n) is 3.07. The fourth-order valence-electron chi connectivity index (χ4n) is 1.49. The molecule has 70 valence electrons. The van der Waals surface area contributed by atoms with Crippen molar-refractivity contribution in [1.82, 2.24) is 4.98 Å². The Morgan fingerprint density at radius 2 is 2.07 bits per heavy atom. The standard InChI is InChI=1S/C12H11NO/c1-2-5-10-9-6-3-4-7-11(9)13-8-12(10)14/h2-8,14H,1H3/b5-2+. The van der Waals surface area contributed by atoms with E-state index in [9.17, 15) is 5.11 Å². The number of nitrogens with zero attached hydrogens (tertiary/aromatic N) is 1. The van der Waals surface area contributed by atoms with Crippen LogP contribution in [0.2, 0.25) is 0 Å². The Labute approximate surface area is 82.5 Å². The molecule has 0 saturated carbocycles. The van der Waals surface area contributed by atoms with Gasteiger partial charge in [-0.3, -0.25) is 4.98 Å². The van der Waals surface area contributed by atoms with Gasteiger partial charge in [-0.1, -0.05) is 30.4 Å². The van der Waals surface area contributed by atoms with Crippen molar-refractivity contribution in [1.29, 1.82) is 0 Å². The Morgan fingerprint density at radius 3 is 2.86 bits per heavy atom. The predicted octanol–water partition coefficient (Wildman–Crippen LogP) is 2.97. The van der Waals surface area contributed by atoms with E-state index in [1.54, 1.807) is 0 Å². The van der Waals surface area contributed by atoms with Crippen LogP contribution >= 0.6 is 0 Å². The Balaban J connectivity index is 2.82. The van der Waals surface area contributed by atoms with Gasteiger partial charge in [0, 0.05) is 10.9 Å². The summed E-state index contributed by atoms with van der Waals surface area (Å²) in [5, 5.41) is 10.6. The number of aromatic nitrogens is 1. The monoisotopic (exact) mass is 185 g/mol. The predicted molar refractivity (Wildman–Crippen MR) is 58.1 cm³/mol. The largest absolute Gasteiger partial charge is 0.506 e. The lowest BCUT2D eigenvalue weighted by molar-refractivity contribution is 0.472. The number of pyridine rings is 1.